The number of aliphatic hydroxyl groups excluding tert-OH is 1. The SMILES string of the molecule is COCCOCCOCCOCCNC(=O)CO. The zero-order chi connectivity index (χ0) is 13.5. The van der Waals surface area contributed by atoms with Gasteiger partial charge in [0.15, 0.2) is 0 Å². The smallest absolute Gasteiger partial charge is 0.245 e. The molecular formula is C11H23NO6. The molecule has 0 saturated carbocycles. The van der Waals surface area contributed by atoms with E-state index in [2.05, 4.69) is 5.32 Å². The Morgan fingerprint density at radius 3 is 1.94 bits per heavy atom. The maximum Gasteiger partial charge on any atom is 0.245 e. The summed E-state index contributed by atoms with van der Waals surface area (Å²) < 4.78 is 20.4. The fraction of sp³-hybridized carbons (Fsp3) is 0.909. The lowest BCUT2D eigenvalue weighted by molar-refractivity contribution is -0.124. The first-order chi connectivity index (χ1) is 8.81. The van der Waals surface area contributed by atoms with Crippen molar-refractivity contribution in [2.24, 2.45) is 0 Å². The Morgan fingerprint density at radius 2 is 1.44 bits per heavy atom. The Balaban J connectivity index is 2.97. The Morgan fingerprint density at radius 1 is 0.944 bits per heavy atom. The van der Waals surface area contributed by atoms with Crippen LogP contribution in [0, 0.1) is 0 Å². The highest BCUT2D eigenvalue weighted by Crippen LogP contribution is 1.81. The first kappa shape index (κ1) is 17.3. The Labute approximate surface area is 107 Å². The topological polar surface area (TPSA) is 86.3 Å². The van der Waals surface area contributed by atoms with Crippen molar-refractivity contribution in [1.82, 2.24) is 5.32 Å². The van der Waals surface area contributed by atoms with Crippen LogP contribution in [0.2, 0.25) is 0 Å². The van der Waals surface area contributed by atoms with Crippen LogP contribution in [0.25, 0.3) is 0 Å². The standard InChI is InChI=1S/C11H23NO6/c1-15-4-5-17-8-9-18-7-6-16-3-2-12-11(14)10-13/h13H,2-10H2,1H3,(H,12,14). The van der Waals surface area contributed by atoms with Gasteiger partial charge < -0.3 is 29.4 Å². The highest BCUT2D eigenvalue weighted by Gasteiger charge is 1.96. The van der Waals surface area contributed by atoms with Crippen LogP contribution in [-0.4, -0.2) is 77.5 Å². The van der Waals surface area contributed by atoms with Crippen molar-refractivity contribution < 1.29 is 28.8 Å². The minimum atomic E-state index is -0.494. The highest BCUT2D eigenvalue weighted by atomic mass is 16.6. The molecule has 0 saturated heterocycles. The van der Waals surface area contributed by atoms with Crippen LogP contribution in [0.15, 0.2) is 0 Å². The molecule has 7 nitrogen and oxygen atoms in total. The zero-order valence-electron chi connectivity index (χ0n) is 10.9. The summed E-state index contributed by atoms with van der Waals surface area (Å²) in [7, 11) is 1.63. The second kappa shape index (κ2) is 14.3. The average Bonchev–Trinajstić information content (AvgIpc) is 2.39. The van der Waals surface area contributed by atoms with Gasteiger partial charge in [-0.25, -0.2) is 0 Å². The summed E-state index contributed by atoms with van der Waals surface area (Å²) in [6, 6.07) is 0. The van der Waals surface area contributed by atoms with Crippen LogP contribution in [-0.2, 0) is 23.7 Å². The molecule has 0 unspecified atom stereocenters. The van der Waals surface area contributed by atoms with Crippen LogP contribution >= 0.6 is 0 Å². The number of rotatable bonds is 13. The minimum absolute atomic E-state index is 0.388. The third-order valence-electron chi connectivity index (χ3n) is 1.89. The van der Waals surface area contributed by atoms with E-state index in [9.17, 15) is 4.79 Å². The molecule has 0 aromatic carbocycles. The Hall–Kier alpha value is -0.730. The van der Waals surface area contributed by atoms with E-state index in [1.54, 1.807) is 7.11 Å². The molecule has 0 aromatic heterocycles. The summed E-state index contributed by atoms with van der Waals surface area (Å²) in [4.78, 5) is 10.6. The highest BCUT2D eigenvalue weighted by molar-refractivity contribution is 5.76. The van der Waals surface area contributed by atoms with Gasteiger partial charge in [-0.3, -0.25) is 4.79 Å². The molecule has 0 aliphatic carbocycles. The first-order valence-electron chi connectivity index (χ1n) is 5.91. The number of amides is 1. The molecular weight excluding hydrogens is 242 g/mol. The summed E-state index contributed by atoms with van der Waals surface area (Å²) in [6.45, 7) is 3.47. The Kier molecular flexibility index (Phi) is 13.8. The molecule has 2 N–H and O–H groups in total. The normalized spacial score (nSPS) is 10.6. The fourth-order valence-corrected chi connectivity index (χ4v) is 1.00. The lowest BCUT2D eigenvalue weighted by Crippen LogP contribution is -2.29. The molecule has 0 radical (unpaired) electrons. The molecule has 18 heavy (non-hydrogen) atoms. The largest absolute Gasteiger partial charge is 0.387 e. The monoisotopic (exact) mass is 265 g/mol. The summed E-state index contributed by atoms with van der Waals surface area (Å²) in [5.74, 6) is -0.400. The van der Waals surface area contributed by atoms with E-state index in [-0.39, 0.29) is 0 Å². The number of hydrogen-bond acceptors (Lipinski definition) is 6. The number of carbonyl (C=O) groups excluding carboxylic acids is 1. The third kappa shape index (κ3) is 13.3. The lowest BCUT2D eigenvalue weighted by Gasteiger charge is -2.07. The Bertz CT molecular complexity index is 190. The second-order valence-electron chi connectivity index (χ2n) is 3.34. The van der Waals surface area contributed by atoms with Crippen molar-refractivity contribution in [3.05, 3.63) is 0 Å². The predicted octanol–water partition coefficient (Wildman–Crippen LogP) is -1.21. The minimum Gasteiger partial charge on any atom is -0.387 e. The van der Waals surface area contributed by atoms with Gasteiger partial charge in [0.2, 0.25) is 5.91 Å². The number of carbonyl (C=O) groups is 1. The zero-order valence-corrected chi connectivity index (χ0v) is 10.9. The number of hydrogen-bond donors (Lipinski definition) is 2. The number of aliphatic hydroxyl groups is 1. The predicted molar refractivity (Wildman–Crippen MR) is 64.4 cm³/mol. The van der Waals surface area contributed by atoms with Crippen LogP contribution < -0.4 is 5.32 Å². The van der Waals surface area contributed by atoms with Crippen LogP contribution in [0.3, 0.4) is 0 Å². The van der Waals surface area contributed by atoms with E-state index in [0.717, 1.165) is 0 Å². The van der Waals surface area contributed by atoms with Crippen molar-refractivity contribution >= 4 is 5.91 Å². The van der Waals surface area contributed by atoms with Crippen LogP contribution in [0.4, 0.5) is 0 Å². The van der Waals surface area contributed by atoms with Crippen molar-refractivity contribution in [2.45, 2.75) is 0 Å². The number of ether oxygens (including phenoxy) is 4. The third-order valence-corrected chi connectivity index (χ3v) is 1.89. The molecule has 0 spiro atoms. The summed E-state index contributed by atoms with van der Waals surface area (Å²) in [5.41, 5.74) is 0. The number of methoxy groups -OCH3 is 1. The van der Waals surface area contributed by atoms with Crippen LogP contribution in [0.1, 0.15) is 0 Å². The van der Waals surface area contributed by atoms with Crippen LogP contribution in [0.5, 0.6) is 0 Å². The quantitative estimate of drug-likeness (QED) is 0.406. The molecule has 0 aromatic rings. The van der Waals surface area contributed by atoms with Gasteiger partial charge in [-0.1, -0.05) is 0 Å². The summed E-state index contributed by atoms with van der Waals surface area (Å²) >= 11 is 0. The molecule has 0 bridgehead atoms. The van der Waals surface area contributed by atoms with Gasteiger partial charge in [0.25, 0.3) is 0 Å². The molecule has 0 fully saturated rings. The van der Waals surface area contributed by atoms with Gasteiger partial charge in [0.1, 0.15) is 6.61 Å². The molecule has 7 heteroatoms. The maximum atomic E-state index is 10.6. The van der Waals surface area contributed by atoms with E-state index >= 15 is 0 Å². The summed E-state index contributed by atoms with van der Waals surface area (Å²) in [5, 5.41) is 10.9. The summed E-state index contributed by atoms with van der Waals surface area (Å²) in [6.07, 6.45) is 0. The number of nitrogens with one attached hydrogen (secondary N) is 1. The van der Waals surface area contributed by atoms with Gasteiger partial charge in [-0.15, -0.1) is 0 Å². The molecule has 0 aliphatic rings. The van der Waals surface area contributed by atoms with E-state index in [1.807, 2.05) is 0 Å². The van der Waals surface area contributed by atoms with E-state index in [4.69, 9.17) is 24.1 Å². The van der Waals surface area contributed by atoms with Gasteiger partial charge in [-0.05, 0) is 0 Å². The maximum absolute atomic E-state index is 10.6. The lowest BCUT2D eigenvalue weighted by atomic mass is 10.6. The van der Waals surface area contributed by atoms with Crippen molar-refractivity contribution in [2.75, 3.05) is 66.5 Å². The first-order valence-corrected chi connectivity index (χ1v) is 5.91. The van der Waals surface area contributed by atoms with Crippen molar-refractivity contribution in [3.63, 3.8) is 0 Å². The van der Waals surface area contributed by atoms with E-state index in [0.29, 0.717) is 52.8 Å². The second-order valence-corrected chi connectivity index (χ2v) is 3.34. The molecule has 0 aliphatic heterocycles. The van der Waals surface area contributed by atoms with Crippen molar-refractivity contribution in [1.29, 1.82) is 0 Å². The van der Waals surface area contributed by atoms with Gasteiger partial charge in [-0.2, -0.15) is 0 Å². The van der Waals surface area contributed by atoms with Crippen molar-refractivity contribution in [3.8, 4) is 0 Å². The van der Waals surface area contributed by atoms with E-state index in [1.165, 1.54) is 0 Å². The van der Waals surface area contributed by atoms with Gasteiger partial charge in [0.05, 0.1) is 46.2 Å². The molecule has 0 rings (SSSR count). The molecule has 108 valence electrons. The molecule has 0 heterocycles. The molecule has 0 atom stereocenters. The van der Waals surface area contributed by atoms with Gasteiger partial charge >= 0.3 is 0 Å². The fourth-order valence-electron chi connectivity index (χ4n) is 1.00. The average molecular weight is 265 g/mol. The van der Waals surface area contributed by atoms with Gasteiger partial charge in [0, 0.05) is 13.7 Å². The molecule has 1 amide bonds. The van der Waals surface area contributed by atoms with E-state index < -0.39 is 12.5 Å².